The van der Waals surface area contributed by atoms with Crippen LogP contribution in [0.3, 0.4) is 0 Å². The van der Waals surface area contributed by atoms with Gasteiger partial charge in [0.2, 0.25) is 11.8 Å². The average molecular weight is 509 g/mol. The Labute approximate surface area is 203 Å². The van der Waals surface area contributed by atoms with E-state index in [1.54, 1.807) is 30.5 Å². The number of carbonyl (C=O) groups is 2. The quantitative estimate of drug-likeness (QED) is 0.459. The first-order chi connectivity index (χ1) is 16.7. The van der Waals surface area contributed by atoms with Crippen LogP contribution in [0.25, 0.3) is 6.08 Å². The van der Waals surface area contributed by atoms with Crippen molar-refractivity contribution < 1.29 is 27.5 Å². The molecule has 35 heavy (non-hydrogen) atoms. The number of imide groups is 1. The Bertz CT molecular complexity index is 1110. The molecular formula is C22H23F3N6O3S. The molecule has 2 amide bonds. The van der Waals surface area contributed by atoms with E-state index in [1.807, 2.05) is 0 Å². The van der Waals surface area contributed by atoms with Gasteiger partial charge in [0.25, 0.3) is 11.1 Å². The van der Waals surface area contributed by atoms with Crippen LogP contribution >= 0.6 is 11.8 Å². The molecule has 2 aliphatic rings. The summed E-state index contributed by atoms with van der Waals surface area (Å²) < 4.78 is 42.3. The lowest BCUT2D eigenvalue weighted by Crippen LogP contribution is -2.37. The largest absolute Gasteiger partial charge is 0.468 e. The second kappa shape index (κ2) is 11.0. The van der Waals surface area contributed by atoms with Gasteiger partial charge in [0, 0.05) is 36.6 Å². The second-order valence-corrected chi connectivity index (χ2v) is 9.12. The minimum absolute atomic E-state index is 0.0162. The van der Waals surface area contributed by atoms with Crippen LogP contribution in [0, 0.1) is 0 Å². The third kappa shape index (κ3) is 7.39. The van der Waals surface area contributed by atoms with E-state index in [0.29, 0.717) is 23.8 Å². The van der Waals surface area contributed by atoms with Crippen molar-refractivity contribution in [3.63, 3.8) is 0 Å². The Morgan fingerprint density at radius 3 is 2.60 bits per heavy atom. The summed E-state index contributed by atoms with van der Waals surface area (Å²) >= 11 is 0.830. The Balaban J connectivity index is 1.26. The van der Waals surface area contributed by atoms with Crippen molar-refractivity contribution in [3.05, 3.63) is 46.8 Å². The van der Waals surface area contributed by atoms with Gasteiger partial charge in [-0.1, -0.05) is 6.07 Å². The lowest BCUT2D eigenvalue weighted by Gasteiger charge is -2.30. The highest BCUT2D eigenvalue weighted by atomic mass is 32.2. The number of nitrogens with zero attached hydrogens (tertiary/aromatic N) is 3. The van der Waals surface area contributed by atoms with Gasteiger partial charge in [0.05, 0.1) is 10.6 Å². The molecular weight excluding hydrogens is 485 g/mol. The molecule has 1 aliphatic heterocycles. The number of carbonyl (C=O) groups excluding carboxylic acids is 2. The number of rotatable bonds is 8. The third-order valence-corrected chi connectivity index (χ3v) is 6.27. The summed E-state index contributed by atoms with van der Waals surface area (Å²) in [6.45, 7) is -1.02. The summed E-state index contributed by atoms with van der Waals surface area (Å²) in [6, 6.07) is 5.38. The summed E-state index contributed by atoms with van der Waals surface area (Å²) in [5, 5.41) is 8.49. The molecule has 0 atom stereocenters. The van der Waals surface area contributed by atoms with Crippen LogP contribution in [0.15, 0.2) is 35.5 Å². The highest BCUT2D eigenvalue weighted by Gasteiger charge is 2.29. The Hall–Kier alpha value is -3.19. The number of thioether (sulfide) groups is 1. The van der Waals surface area contributed by atoms with Gasteiger partial charge in [-0.2, -0.15) is 13.2 Å². The lowest BCUT2D eigenvalue weighted by atomic mass is 9.91. The van der Waals surface area contributed by atoms with Crippen molar-refractivity contribution in [3.8, 4) is 5.88 Å². The minimum Gasteiger partial charge on any atom is -0.468 e. The summed E-state index contributed by atoms with van der Waals surface area (Å²) in [5.74, 6) is -0.0194. The predicted octanol–water partition coefficient (Wildman–Crippen LogP) is 3.65. The van der Waals surface area contributed by atoms with E-state index < -0.39 is 23.9 Å². The average Bonchev–Trinajstić information content (AvgIpc) is 3.14. The Morgan fingerprint density at radius 1 is 1.11 bits per heavy atom. The monoisotopic (exact) mass is 508 g/mol. The Kier molecular flexibility index (Phi) is 7.86. The molecule has 1 saturated heterocycles. The van der Waals surface area contributed by atoms with E-state index in [9.17, 15) is 22.8 Å². The number of anilines is 1. The standard InChI is InChI=1S/C22H23F3N6O3S/c23-22(24,25)12-34-19-13(2-1-8-26-19)11-28-14-3-5-15(6-4-14)29-20-27-9-7-16(30-20)10-17-18(32)31-21(33)35-17/h1-2,7-10,14-15,28H,3-6,11-12H2,(H,27,29,30)(H,31,32,33). The molecule has 0 bridgehead atoms. The van der Waals surface area contributed by atoms with E-state index in [4.69, 9.17) is 4.74 Å². The molecule has 0 radical (unpaired) electrons. The van der Waals surface area contributed by atoms with Gasteiger partial charge in [-0.05, 0) is 55.7 Å². The topological polar surface area (TPSA) is 118 Å². The van der Waals surface area contributed by atoms with Crippen molar-refractivity contribution in [1.82, 2.24) is 25.6 Å². The summed E-state index contributed by atoms with van der Waals surface area (Å²) in [6.07, 6.45) is 3.54. The fourth-order valence-electron chi connectivity index (χ4n) is 3.80. The number of ether oxygens (including phenoxy) is 1. The third-order valence-electron chi connectivity index (χ3n) is 5.46. The molecule has 2 fully saturated rings. The summed E-state index contributed by atoms with van der Waals surface area (Å²) in [5.41, 5.74) is 1.09. The molecule has 3 N–H and O–H groups in total. The molecule has 2 aromatic rings. The highest BCUT2D eigenvalue weighted by molar-refractivity contribution is 8.18. The van der Waals surface area contributed by atoms with Crippen LogP contribution in [0.2, 0.25) is 0 Å². The van der Waals surface area contributed by atoms with Gasteiger partial charge in [-0.25, -0.2) is 15.0 Å². The maximum atomic E-state index is 12.5. The molecule has 3 heterocycles. The van der Waals surface area contributed by atoms with Gasteiger partial charge in [0.15, 0.2) is 6.61 Å². The van der Waals surface area contributed by atoms with E-state index in [0.717, 1.165) is 37.4 Å². The maximum absolute atomic E-state index is 12.5. The number of hydrogen-bond donors (Lipinski definition) is 3. The van der Waals surface area contributed by atoms with Crippen LogP contribution in [0.4, 0.5) is 23.9 Å². The fraction of sp³-hybridized carbons (Fsp3) is 0.409. The first-order valence-electron chi connectivity index (χ1n) is 11.0. The molecule has 1 saturated carbocycles. The molecule has 0 spiro atoms. The number of amides is 2. The Morgan fingerprint density at radius 2 is 1.89 bits per heavy atom. The predicted molar refractivity (Wildman–Crippen MR) is 123 cm³/mol. The van der Waals surface area contributed by atoms with E-state index in [-0.39, 0.29) is 22.9 Å². The maximum Gasteiger partial charge on any atom is 0.422 e. The van der Waals surface area contributed by atoms with Crippen LogP contribution < -0.4 is 20.7 Å². The first kappa shape index (κ1) is 24.9. The number of aromatic nitrogens is 3. The number of pyridine rings is 1. The van der Waals surface area contributed by atoms with Crippen molar-refractivity contribution in [2.75, 3.05) is 11.9 Å². The number of hydrogen-bond acceptors (Lipinski definition) is 9. The van der Waals surface area contributed by atoms with E-state index in [2.05, 4.69) is 30.9 Å². The van der Waals surface area contributed by atoms with Gasteiger partial charge in [-0.15, -0.1) is 0 Å². The number of alkyl halides is 3. The summed E-state index contributed by atoms with van der Waals surface area (Å²) in [7, 11) is 0. The zero-order valence-corrected chi connectivity index (χ0v) is 19.3. The molecule has 1 aliphatic carbocycles. The van der Waals surface area contributed by atoms with Gasteiger partial charge < -0.3 is 15.4 Å². The zero-order chi connectivity index (χ0) is 24.8. The van der Waals surface area contributed by atoms with Crippen molar-refractivity contribution >= 4 is 34.9 Å². The lowest BCUT2D eigenvalue weighted by molar-refractivity contribution is -0.154. The molecule has 9 nitrogen and oxygen atoms in total. The van der Waals surface area contributed by atoms with Crippen LogP contribution in [0.5, 0.6) is 5.88 Å². The van der Waals surface area contributed by atoms with Crippen molar-refractivity contribution in [1.29, 1.82) is 0 Å². The van der Waals surface area contributed by atoms with E-state index in [1.165, 1.54) is 6.20 Å². The molecule has 13 heteroatoms. The normalized spacial score (nSPS) is 21.7. The molecule has 2 aromatic heterocycles. The SMILES string of the molecule is O=C1NC(=O)C(=Cc2ccnc(NC3CCC(NCc4cccnc4OCC(F)(F)F)CC3)n2)S1. The molecule has 186 valence electrons. The zero-order valence-electron chi connectivity index (χ0n) is 18.5. The first-order valence-corrected chi connectivity index (χ1v) is 11.8. The number of halogens is 3. The summed E-state index contributed by atoms with van der Waals surface area (Å²) in [4.78, 5) is 35.9. The molecule has 0 unspecified atom stereocenters. The molecule has 4 rings (SSSR count). The molecule has 0 aromatic carbocycles. The minimum atomic E-state index is -4.42. The van der Waals surface area contributed by atoms with Crippen LogP contribution in [-0.2, 0) is 11.3 Å². The van der Waals surface area contributed by atoms with Gasteiger partial charge in [-0.3, -0.25) is 14.9 Å². The van der Waals surface area contributed by atoms with Gasteiger partial charge >= 0.3 is 6.18 Å². The fourth-order valence-corrected chi connectivity index (χ4v) is 4.46. The van der Waals surface area contributed by atoms with Crippen LogP contribution in [-0.4, -0.2) is 51.0 Å². The number of nitrogens with one attached hydrogen (secondary N) is 3. The highest BCUT2D eigenvalue weighted by Crippen LogP contribution is 2.26. The van der Waals surface area contributed by atoms with Gasteiger partial charge in [0.1, 0.15) is 0 Å². The smallest absolute Gasteiger partial charge is 0.422 e. The van der Waals surface area contributed by atoms with E-state index >= 15 is 0 Å². The van der Waals surface area contributed by atoms with Crippen molar-refractivity contribution in [2.45, 2.75) is 50.5 Å². The second-order valence-electron chi connectivity index (χ2n) is 8.10. The van der Waals surface area contributed by atoms with Crippen LogP contribution in [0.1, 0.15) is 36.9 Å². The van der Waals surface area contributed by atoms with Crippen molar-refractivity contribution in [2.24, 2.45) is 0 Å².